The Balaban J connectivity index is 4.68. The molecule has 0 saturated carbocycles. The number of hydrogen-bond acceptors (Lipinski definition) is 1. The van der Waals surface area contributed by atoms with Gasteiger partial charge in [-0.15, -0.1) is 0 Å². The lowest BCUT2D eigenvalue weighted by atomic mass is 10.6. The predicted octanol–water partition coefficient (Wildman–Crippen LogP) is -0.0254. The van der Waals surface area contributed by atoms with Crippen LogP contribution in [0.2, 0.25) is 0 Å². The van der Waals surface area contributed by atoms with Gasteiger partial charge < -0.3 is 0 Å². The van der Waals surface area contributed by atoms with Gasteiger partial charge in [0.2, 0.25) is 0 Å². The number of rotatable bonds is 2. The molecule has 0 fully saturated rings. The second kappa shape index (κ2) is 5.07. The summed E-state index contributed by atoms with van der Waals surface area (Å²) in [5.74, 6) is 1.17. The Kier molecular flexibility index (Phi) is 4.77. The summed E-state index contributed by atoms with van der Waals surface area (Å²) in [7, 11) is 12.3. The van der Waals surface area contributed by atoms with Crippen molar-refractivity contribution >= 4 is 5.96 Å². The quantitative estimate of drug-likeness (QED) is 0.261. The molecular weight excluding hydrogens is 164 g/mol. The molecule has 78 valence electrons. The van der Waals surface area contributed by atoms with Crippen molar-refractivity contribution in [1.82, 2.24) is 14.9 Å². The summed E-state index contributed by atoms with van der Waals surface area (Å²) in [6.45, 7) is 3.14. The Morgan fingerprint density at radius 1 is 1.08 bits per heavy atom. The Hall–Kier alpha value is -0.770. The Labute approximate surface area is 82.0 Å². The van der Waals surface area contributed by atoms with Crippen LogP contribution in [0.3, 0.4) is 0 Å². The molecule has 0 aliphatic rings. The third-order valence-electron chi connectivity index (χ3n) is 2.06. The van der Waals surface area contributed by atoms with E-state index in [1.54, 1.807) is 0 Å². The average molecular weight is 187 g/mol. The summed E-state index contributed by atoms with van der Waals surface area (Å²) in [4.78, 5) is 2.10. The lowest BCUT2D eigenvalue weighted by Crippen LogP contribution is -2.50. The zero-order valence-corrected chi connectivity index (χ0v) is 10.00. The van der Waals surface area contributed by atoms with Gasteiger partial charge in [-0.25, -0.2) is 0 Å². The van der Waals surface area contributed by atoms with Gasteiger partial charge in [0.15, 0.2) is 0 Å². The fourth-order valence-corrected chi connectivity index (χ4v) is 1.34. The van der Waals surface area contributed by atoms with Crippen LogP contribution in [0.1, 0.15) is 6.92 Å². The minimum Gasteiger partial charge on any atom is -0.269 e. The van der Waals surface area contributed by atoms with E-state index in [0.29, 0.717) is 0 Å². The first-order valence-corrected chi connectivity index (χ1v) is 4.58. The van der Waals surface area contributed by atoms with Gasteiger partial charge >= 0.3 is 5.96 Å². The van der Waals surface area contributed by atoms with E-state index >= 15 is 0 Å². The molecule has 0 aliphatic carbocycles. The number of hydrazine groups is 1. The highest BCUT2D eigenvalue weighted by molar-refractivity contribution is 5.73. The van der Waals surface area contributed by atoms with Crippen molar-refractivity contribution in [2.24, 2.45) is 0 Å². The summed E-state index contributed by atoms with van der Waals surface area (Å²) >= 11 is 0. The lowest BCUT2D eigenvalue weighted by molar-refractivity contribution is -0.478. The summed E-state index contributed by atoms with van der Waals surface area (Å²) in [6, 6.07) is 0. The second-order valence-corrected chi connectivity index (χ2v) is 3.59. The normalized spacial score (nSPS) is 10.2. The topological polar surface area (TPSA) is 12.7 Å². The van der Waals surface area contributed by atoms with Crippen molar-refractivity contribution in [3.05, 3.63) is 0 Å². The van der Waals surface area contributed by atoms with Gasteiger partial charge in [-0.05, 0) is 6.92 Å². The van der Waals surface area contributed by atoms with E-state index in [1.807, 2.05) is 0 Å². The molecule has 13 heavy (non-hydrogen) atoms. The predicted molar refractivity (Wildman–Crippen MR) is 56.9 cm³/mol. The van der Waals surface area contributed by atoms with Crippen LogP contribution >= 0.6 is 0 Å². The molecule has 0 aromatic carbocycles. The molecule has 4 heteroatoms. The number of guanidine groups is 1. The van der Waals surface area contributed by atoms with Crippen molar-refractivity contribution < 1.29 is 4.58 Å². The molecule has 0 aromatic rings. The van der Waals surface area contributed by atoms with Crippen LogP contribution in [0.15, 0.2) is 0 Å². The minimum absolute atomic E-state index is 1.00. The summed E-state index contributed by atoms with van der Waals surface area (Å²) in [5, 5.41) is 4.30. The van der Waals surface area contributed by atoms with E-state index in [2.05, 4.69) is 68.7 Å². The SMILES string of the molecule is CCN(C)N(C)C(N(C)C)=[N+](C)C. The van der Waals surface area contributed by atoms with Crippen LogP contribution in [0.4, 0.5) is 0 Å². The van der Waals surface area contributed by atoms with Gasteiger partial charge in [-0.3, -0.25) is 9.48 Å². The van der Waals surface area contributed by atoms with Crippen LogP contribution in [0.25, 0.3) is 0 Å². The van der Waals surface area contributed by atoms with E-state index in [1.165, 1.54) is 5.96 Å². The molecular formula is C9H23N4+. The van der Waals surface area contributed by atoms with Gasteiger partial charge in [0.25, 0.3) is 0 Å². The first-order chi connectivity index (χ1) is 5.91. The molecule has 0 amide bonds. The lowest BCUT2D eigenvalue weighted by Gasteiger charge is -2.27. The summed E-state index contributed by atoms with van der Waals surface area (Å²) < 4.78 is 2.10. The molecule has 4 nitrogen and oxygen atoms in total. The van der Waals surface area contributed by atoms with Gasteiger partial charge in [-0.1, -0.05) is 0 Å². The van der Waals surface area contributed by atoms with Crippen LogP contribution < -0.4 is 0 Å². The fraction of sp³-hybridized carbons (Fsp3) is 0.889. The third kappa shape index (κ3) is 3.22. The highest BCUT2D eigenvalue weighted by atomic mass is 15.7. The smallest absolute Gasteiger partial charge is 0.269 e. The molecule has 0 atom stereocenters. The van der Waals surface area contributed by atoms with E-state index in [-0.39, 0.29) is 0 Å². The molecule has 0 saturated heterocycles. The van der Waals surface area contributed by atoms with Crippen LogP contribution in [-0.4, -0.2) is 74.3 Å². The van der Waals surface area contributed by atoms with Crippen molar-refractivity contribution in [2.45, 2.75) is 6.92 Å². The number of hydrogen-bond donors (Lipinski definition) is 0. The first kappa shape index (κ1) is 12.2. The van der Waals surface area contributed by atoms with Crippen molar-refractivity contribution in [3.8, 4) is 0 Å². The molecule has 0 heterocycles. The van der Waals surface area contributed by atoms with Gasteiger partial charge in [0, 0.05) is 13.6 Å². The molecule has 0 unspecified atom stereocenters. The van der Waals surface area contributed by atoms with Gasteiger partial charge in [0.1, 0.15) is 0 Å². The van der Waals surface area contributed by atoms with Crippen molar-refractivity contribution in [3.63, 3.8) is 0 Å². The third-order valence-corrected chi connectivity index (χ3v) is 2.06. The Bertz CT molecular complexity index is 182. The van der Waals surface area contributed by atoms with E-state index in [0.717, 1.165) is 6.54 Å². The standard InChI is InChI=1S/C9H23N4/c1-8-12(6)13(7)9(10(2)3)11(4)5/h8H2,1-7H3/q+1. The Morgan fingerprint density at radius 2 is 1.54 bits per heavy atom. The summed E-state index contributed by atoms with van der Waals surface area (Å²) in [6.07, 6.45) is 0. The van der Waals surface area contributed by atoms with Crippen LogP contribution in [0, 0.1) is 0 Å². The number of nitrogens with zero attached hydrogens (tertiary/aromatic N) is 4. The zero-order valence-electron chi connectivity index (χ0n) is 10.00. The summed E-state index contributed by atoms with van der Waals surface area (Å²) in [5.41, 5.74) is 0. The maximum absolute atomic E-state index is 2.16. The second-order valence-electron chi connectivity index (χ2n) is 3.59. The van der Waals surface area contributed by atoms with E-state index in [9.17, 15) is 0 Å². The highest BCUT2D eigenvalue weighted by Gasteiger charge is 2.21. The zero-order chi connectivity index (χ0) is 10.6. The first-order valence-electron chi connectivity index (χ1n) is 4.58. The largest absolute Gasteiger partial charge is 0.366 e. The molecule has 0 spiro atoms. The molecule has 0 bridgehead atoms. The van der Waals surface area contributed by atoms with Gasteiger partial charge in [0.05, 0.1) is 35.2 Å². The monoisotopic (exact) mass is 187 g/mol. The van der Waals surface area contributed by atoms with Crippen molar-refractivity contribution in [1.29, 1.82) is 0 Å². The molecule has 0 rings (SSSR count). The van der Waals surface area contributed by atoms with Crippen LogP contribution in [0.5, 0.6) is 0 Å². The maximum atomic E-state index is 2.16. The van der Waals surface area contributed by atoms with E-state index < -0.39 is 0 Å². The van der Waals surface area contributed by atoms with E-state index in [4.69, 9.17) is 0 Å². The molecule has 0 N–H and O–H groups in total. The molecule has 0 radical (unpaired) electrons. The Morgan fingerprint density at radius 3 is 1.77 bits per heavy atom. The molecule has 0 aromatic heterocycles. The average Bonchev–Trinajstić information content (AvgIpc) is 2.01. The van der Waals surface area contributed by atoms with Crippen LogP contribution in [-0.2, 0) is 0 Å². The van der Waals surface area contributed by atoms with Gasteiger partial charge in [-0.2, -0.15) is 10.0 Å². The minimum atomic E-state index is 1.00. The highest BCUT2D eigenvalue weighted by Crippen LogP contribution is 1.94. The van der Waals surface area contributed by atoms with Crippen molar-refractivity contribution in [2.75, 3.05) is 48.8 Å². The maximum Gasteiger partial charge on any atom is 0.366 e. The fourth-order valence-electron chi connectivity index (χ4n) is 1.34. The molecule has 0 aliphatic heterocycles.